The summed E-state index contributed by atoms with van der Waals surface area (Å²) in [6.07, 6.45) is 7.73. The van der Waals surface area contributed by atoms with Crippen LogP contribution in [0.2, 0.25) is 0 Å². The van der Waals surface area contributed by atoms with Crippen molar-refractivity contribution in [1.82, 2.24) is 0 Å². The molecular formula is C33H34O9. The lowest BCUT2D eigenvalue weighted by molar-refractivity contribution is -0.148. The molecule has 0 radical (unpaired) electrons. The Morgan fingerprint density at radius 2 is 1.48 bits per heavy atom. The summed E-state index contributed by atoms with van der Waals surface area (Å²) in [5.74, 6) is -1.27. The molecule has 9 nitrogen and oxygen atoms in total. The summed E-state index contributed by atoms with van der Waals surface area (Å²) in [7, 11) is 1.54. The summed E-state index contributed by atoms with van der Waals surface area (Å²) in [6, 6.07) is 7.02. The van der Waals surface area contributed by atoms with E-state index in [1.54, 1.807) is 30.4 Å². The third kappa shape index (κ3) is 8.87. The number of allylic oxidation sites excluding steroid dienone is 4. The maximum absolute atomic E-state index is 12.7. The van der Waals surface area contributed by atoms with Crippen LogP contribution in [0.1, 0.15) is 45.1 Å². The molecule has 0 amide bonds. The first-order valence-corrected chi connectivity index (χ1v) is 13.2. The van der Waals surface area contributed by atoms with E-state index in [0.29, 0.717) is 24.4 Å². The Morgan fingerprint density at radius 3 is 2.10 bits per heavy atom. The van der Waals surface area contributed by atoms with Gasteiger partial charge in [0.1, 0.15) is 23.4 Å². The van der Waals surface area contributed by atoms with Crippen molar-refractivity contribution in [3.8, 4) is 5.75 Å². The second-order valence-corrected chi connectivity index (χ2v) is 9.76. The number of benzene rings is 1. The molecule has 0 saturated heterocycles. The third-order valence-electron chi connectivity index (χ3n) is 6.35. The Hall–Kier alpha value is -4.76. The van der Waals surface area contributed by atoms with Crippen LogP contribution in [0, 0.1) is 0 Å². The zero-order chi connectivity index (χ0) is 30.8. The number of rotatable bonds is 12. The van der Waals surface area contributed by atoms with E-state index in [1.165, 1.54) is 21.0 Å². The number of esters is 4. The van der Waals surface area contributed by atoms with Crippen LogP contribution in [-0.2, 0) is 38.1 Å². The van der Waals surface area contributed by atoms with Crippen LogP contribution in [0.3, 0.4) is 0 Å². The van der Waals surface area contributed by atoms with Crippen molar-refractivity contribution in [1.29, 1.82) is 0 Å². The van der Waals surface area contributed by atoms with Gasteiger partial charge in [-0.15, -0.1) is 0 Å². The molecule has 0 aliphatic heterocycles. The van der Waals surface area contributed by atoms with Crippen LogP contribution >= 0.6 is 0 Å². The van der Waals surface area contributed by atoms with Gasteiger partial charge in [0.2, 0.25) is 0 Å². The second-order valence-electron chi connectivity index (χ2n) is 9.76. The van der Waals surface area contributed by atoms with Gasteiger partial charge in [-0.25, -0.2) is 14.4 Å². The van der Waals surface area contributed by atoms with Crippen molar-refractivity contribution < 1.29 is 42.9 Å². The fraction of sp³-hybridized carbons (Fsp3) is 0.273. The minimum atomic E-state index is -0.848. The molecule has 1 aromatic carbocycles. The van der Waals surface area contributed by atoms with Gasteiger partial charge in [-0.05, 0) is 55.7 Å². The molecule has 42 heavy (non-hydrogen) atoms. The summed E-state index contributed by atoms with van der Waals surface area (Å²) in [4.78, 5) is 48.3. The number of ether oxygens (including phenoxy) is 5. The largest absolute Gasteiger partial charge is 0.450 e. The van der Waals surface area contributed by atoms with E-state index in [-0.39, 0.29) is 29.7 Å². The molecule has 0 heterocycles. The molecule has 2 atom stereocenters. The topological polar surface area (TPSA) is 114 Å². The van der Waals surface area contributed by atoms with Crippen molar-refractivity contribution in [3.05, 3.63) is 108 Å². The molecule has 0 spiro atoms. The molecule has 0 saturated carbocycles. The smallest absolute Gasteiger partial charge is 0.338 e. The van der Waals surface area contributed by atoms with Gasteiger partial charge in [-0.1, -0.05) is 49.6 Å². The van der Waals surface area contributed by atoms with Crippen molar-refractivity contribution in [3.63, 3.8) is 0 Å². The lowest BCUT2D eigenvalue weighted by Crippen LogP contribution is -2.26. The van der Waals surface area contributed by atoms with E-state index < -0.39 is 36.1 Å². The molecule has 220 valence electrons. The van der Waals surface area contributed by atoms with Crippen LogP contribution in [0.15, 0.2) is 103 Å². The Morgan fingerprint density at radius 1 is 0.833 bits per heavy atom. The van der Waals surface area contributed by atoms with E-state index >= 15 is 0 Å². The molecular weight excluding hydrogens is 540 g/mol. The van der Waals surface area contributed by atoms with Gasteiger partial charge < -0.3 is 23.7 Å². The van der Waals surface area contributed by atoms with Crippen molar-refractivity contribution >= 4 is 29.5 Å². The van der Waals surface area contributed by atoms with E-state index in [0.717, 1.165) is 22.8 Å². The van der Waals surface area contributed by atoms with Gasteiger partial charge in [-0.3, -0.25) is 4.79 Å². The van der Waals surface area contributed by atoms with Crippen LogP contribution in [0.4, 0.5) is 0 Å². The van der Waals surface area contributed by atoms with E-state index in [9.17, 15) is 19.2 Å². The first-order valence-electron chi connectivity index (χ1n) is 13.2. The SMILES string of the molecule is C=CC(=O)Oc1ccc(C2=CC=C(OC(=O)CCC3=CC=C(OC(=O)C(=C)C)C(OC(=O)C(=C)C)C3)C(OC)C2)cc1. The van der Waals surface area contributed by atoms with E-state index in [1.807, 2.05) is 18.2 Å². The molecule has 9 heteroatoms. The highest BCUT2D eigenvalue weighted by molar-refractivity contribution is 5.89. The van der Waals surface area contributed by atoms with Crippen LogP contribution in [-0.4, -0.2) is 43.2 Å². The highest BCUT2D eigenvalue weighted by Gasteiger charge is 2.28. The molecule has 2 unspecified atom stereocenters. The lowest BCUT2D eigenvalue weighted by Gasteiger charge is -2.25. The molecule has 2 aliphatic carbocycles. The maximum atomic E-state index is 12.7. The molecule has 0 aromatic heterocycles. The second kappa shape index (κ2) is 14.7. The Balaban J connectivity index is 1.63. The number of carbonyl (C=O) groups is 4. The van der Waals surface area contributed by atoms with Crippen LogP contribution in [0.25, 0.3) is 5.57 Å². The van der Waals surface area contributed by atoms with Gasteiger partial charge in [0.15, 0.2) is 6.10 Å². The number of carbonyl (C=O) groups excluding carboxylic acids is 4. The summed E-state index contributed by atoms with van der Waals surface area (Å²) < 4.78 is 27.1. The molecule has 3 rings (SSSR count). The first-order chi connectivity index (χ1) is 20.0. The molecule has 0 N–H and O–H groups in total. The molecule has 2 aliphatic rings. The van der Waals surface area contributed by atoms with Crippen molar-refractivity contribution in [2.45, 2.75) is 51.7 Å². The van der Waals surface area contributed by atoms with Crippen LogP contribution in [0.5, 0.6) is 5.75 Å². The van der Waals surface area contributed by atoms with E-state index in [2.05, 4.69) is 19.7 Å². The Labute approximate surface area is 245 Å². The zero-order valence-electron chi connectivity index (χ0n) is 24.0. The number of methoxy groups -OCH3 is 1. The molecule has 0 bridgehead atoms. The van der Waals surface area contributed by atoms with Crippen LogP contribution < -0.4 is 4.74 Å². The average molecular weight is 575 g/mol. The third-order valence-corrected chi connectivity index (χ3v) is 6.35. The fourth-order valence-electron chi connectivity index (χ4n) is 4.03. The quantitative estimate of drug-likeness (QED) is 0.136. The maximum Gasteiger partial charge on any atom is 0.338 e. The highest BCUT2D eigenvalue weighted by Crippen LogP contribution is 2.31. The first kappa shape index (κ1) is 31.8. The summed E-state index contributed by atoms with van der Waals surface area (Å²) in [6.45, 7) is 13.6. The monoisotopic (exact) mass is 574 g/mol. The van der Waals surface area contributed by atoms with Gasteiger partial charge in [0.05, 0.1) is 0 Å². The summed E-state index contributed by atoms with van der Waals surface area (Å²) in [5, 5.41) is 0. The lowest BCUT2D eigenvalue weighted by atomic mass is 9.94. The van der Waals surface area contributed by atoms with Gasteiger partial charge in [-0.2, -0.15) is 0 Å². The number of hydrogen-bond acceptors (Lipinski definition) is 9. The van der Waals surface area contributed by atoms with Gasteiger partial charge in [0.25, 0.3) is 0 Å². The van der Waals surface area contributed by atoms with Gasteiger partial charge in [0, 0.05) is 43.6 Å². The van der Waals surface area contributed by atoms with Crippen molar-refractivity contribution in [2.24, 2.45) is 0 Å². The Bertz CT molecular complexity index is 1400. The summed E-state index contributed by atoms with van der Waals surface area (Å²) in [5.41, 5.74) is 3.09. The normalized spacial score (nSPS) is 17.8. The minimum Gasteiger partial charge on any atom is -0.450 e. The number of hydrogen-bond donors (Lipinski definition) is 0. The predicted octanol–water partition coefficient (Wildman–Crippen LogP) is 5.61. The molecule has 0 fully saturated rings. The highest BCUT2D eigenvalue weighted by atomic mass is 16.6. The fourth-order valence-corrected chi connectivity index (χ4v) is 4.03. The average Bonchev–Trinajstić information content (AvgIpc) is 2.97. The van der Waals surface area contributed by atoms with Crippen molar-refractivity contribution in [2.75, 3.05) is 7.11 Å². The minimum absolute atomic E-state index is 0.0664. The molecule has 1 aromatic rings. The van der Waals surface area contributed by atoms with E-state index in [4.69, 9.17) is 23.7 Å². The standard InChI is InChI=1S/C33H34O9/c1-7-30(34)39-25-13-10-23(11-14-25)24-12-16-26(28(19-24)38-6)40-31(35)17-9-22-8-15-27(41-32(36)20(2)3)29(18-22)42-33(37)21(4)5/h7-8,10-16,28-29H,1-2,4,9,17-19H2,3,5-6H3. The summed E-state index contributed by atoms with van der Waals surface area (Å²) >= 11 is 0. The Kier molecular flexibility index (Phi) is 11.2. The van der Waals surface area contributed by atoms with Gasteiger partial charge >= 0.3 is 23.9 Å². The zero-order valence-corrected chi connectivity index (χ0v) is 24.0. The predicted molar refractivity (Wildman–Crippen MR) is 155 cm³/mol.